The van der Waals surface area contributed by atoms with Crippen molar-refractivity contribution in [2.24, 2.45) is 7.05 Å². The summed E-state index contributed by atoms with van der Waals surface area (Å²) in [5, 5.41) is 4.26. The summed E-state index contributed by atoms with van der Waals surface area (Å²) in [6.07, 6.45) is 1.61. The first kappa shape index (κ1) is 13.3. The zero-order valence-electron chi connectivity index (χ0n) is 10.5. The lowest BCUT2D eigenvalue weighted by molar-refractivity contribution is 0.629. The highest BCUT2D eigenvalue weighted by atomic mass is 35.5. The summed E-state index contributed by atoms with van der Waals surface area (Å²) >= 11 is 11.7. The van der Waals surface area contributed by atoms with Crippen LogP contribution < -0.4 is 0 Å². The SMILES string of the molecule is Cn1cnc(Cn2c(CCl)nc3cc(F)c(Cl)cc32)n1. The first-order chi connectivity index (χ1) is 9.58. The number of fused-ring (bicyclic) bond motifs is 1. The average molecular weight is 314 g/mol. The number of aryl methyl sites for hydroxylation is 1. The third kappa shape index (κ3) is 2.25. The summed E-state index contributed by atoms with van der Waals surface area (Å²) in [7, 11) is 1.79. The van der Waals surface area contributed by atoms with E-state index in [2.05, 4.69) is 15.1 Å². The number of imidazole rings is 1. The molecule has 0 atom stereocenters. The van der Waals surface area contributed by atoms with E-state index in [9.17, 15) is 4.39 Å². The number of benzene rings is 1. The number of hydrogen-bond acceptors (Lipinski definition) is 3. The van der Waals surface area contributed by atoms with E-state index in [1.54, 1.807) is 18.1 Å². The van der Waals surface area contributed by atoms with Crippen LogP contribution in [0.5, 0.6) is 0 Å². The van der Waals surface area contributed by atoms with E-state index in [0.717, 1.165) is 0 Å². The van der Waals surface area contributed by atoms with Crippen LogP contribution in [0.2, 0.25) is 5.02 Å². The third-order valence-corrected chi connectivity index (χ3v) is 3.46. The normalized spacial score (nSPS) is 11.4. The maximum atomic E-state index is 13.5. The Labute approximate surface area is 124 Å². The van der Waals surface area contributed by atoms with Crippen LogP contribution in [0.4, 0.5) is 4.39 Å². The van der Waals surface area contributed by atoms with Gasteiger partial charge in [0.25, 0.3) is 0 Å². The van der Waals surface area contributed by atoms with Crippen LogP contribution in [-0.4, -0.2) is 24.3 Å². The van der Waals surface area contributed by atoms with Gasteiger partial charge in [-0.1, -0.05) is 11.6 Å². The monoisotopic (exact) mass is 313 g/mol. The second kappa shape index (κ2) is 5.03. The van der Waals surface area contributed by atoms with Gasteiger partial charge < -0.3 is 4.57 Å². The smallest absolute Gasteiger partial charge is 0.170 e. The summed E-state index contributed by atoms with van der Waals surface area (Å²) < 4.78 is 16.9. The van der Waals surface area contributed by atoms with Gasteiger partial charge >= 0.3 is 0 Å². The topological polar surface area (TPSA) is 48.5 Å². The van der Waals surface area contributed by atoms with Crippen molar-refractivity contribution in [2.75, 3.05) is 0 Å². The van der Waals surface area contributed by atoms with Gasteiger partial charge in [-0.05, 0) is 6.07 Å². The maximum absolute atomic E-state index is 13.5. The van der Waals surface area contributed by atoms with Crippen LogP contribution in [0.1, 0.15) is 11.6 Å². The Kier molecular flexibility index (Phi) is 3.35. The molecule has 1 aromatic carbocycles. The van der Waals surface area contributed by atoms with E-state index in [0.29, 0.717) is 29.2 Å². The zero-order chi connectivity index (χ0) is 14.3. The van der Waals surface area contributed by atoms with Gasteiger partial charge in [0.15, 0.2) is 5.82 Å². The lowest BCUT2D eigenvalue weighted by atomic mass is 10.3. The van der Waals surface area contributed by atoms with Crippen molar-refractivity contribution in [3.05, 3.63) is 40.9 Å². The average Bonchev–Trinajstić information content (AvgIpc) is 2.96. The van der Waals surface area contributed by atoms with E-state index in [1.807, 2.05) is 4.57 Å². The Hall–Kier alpha value is -1.66. The second-order valence-corrected chi connectivity index (χ2v) is 5.01. The molecule has 20 heavy (non-hydrogen) atoms. The van der Waals surface area contributed by atoms with Crippen molar-refractivity contribution in [3.63, 3.8) is 0 Å². The number of halogens is 3. The standard InChI is InChI=1S/C12H10Cl2FN5/c1-19-6-16-11(18-19)5-20-10-2-7(14)8(15)3-9(10)17-12(20)4-13/h2-3,6H,4-5H2,1H3. The molecule has 0 saturated heterocycles. The molecule has 0 unspecified atom stereocenters. The second-order valence-electron chi connectivity index (χ2n) is 4.34. The molecule has 0 spiro atoms. The molecular formula is C12H10Cl2FN5. The lowest BCUT2D eigenvalue weighted by Gasteiger charge is -2.05. The van der Waals surface area contributed by atoms with Gasteiger partial charge in [-0.25, -0.2) is 14.4 Å². The first-order valence-corrected chi connectivity index (χ1v) is 6.74. The lowest BCUT2D eigenvalue weighted by Crippen LogP contribution is -2.06. The molecule has 3 aromatic rings. The minimum absolute atomic E-state index is 0.0498. The Balaban J connectivity index is 2.14. The van der Waals surface area contributed by atoms with Crippen LogP contribution in [0.15, 0.2) is 18.5 Å². The fraction of sp³-hybridized carbons (Fsp3) is 0.250. The van der Waals surface area contributed by atoms with Gasteiger partial charge in [0.2, 0.25) is 0 Å². The molecule has 0 amide bonds. The summed E-state index contributed by atoms with van der Waals surface area (Å²) in [6, 6.07) is 2.84. The Morgan fingerprint density at radius 2 is 2.15 bits per heavy atom. The van der Waals surface area contributed by atoms with E-state index in [4.69, 9.17) is 23.2 Å². The molecule has 2 heterocycles. The summed E-state index contributed by atoms with van der Waals surface area (Å²) in [5.74, 6) is 0.955. The van der Waals surface area contributed by atoms with E-state index in [1.165, 1.54) is 12.1 Å². The summed E-state index contributed by atoms with van der Waals surface area (Å²) in [5.41, 5.74) is 1.22. The Morgan fingerprint density at radius 3 is 2.80 bits per heavy atom. The van der Waals surface area contributed by atoms with Crippen LogP contribution in [0.3, 0.4) is 0 Å². The highest BCUT2D eigenvalue weighted by Crippen LogP contribution is 2.25. The van der Waals surface area contributed by atoms with Gasteiger partial charge in [-0.15, -0.1) is 11.6 Å². The Bertz CT molecular complexity index is 780. The zero-order valence-corrected chi connectivity index (χ0v) is 12.0. The molecule has 3 rings (SSSR count). The van der Waals surface area contributed by atoms with Crippen molar-refractivity contribution in [2.45, 2.75) is 12.4 Å². The van der Waals surface area contributed by atoms with Crippen LogP contribution in [0, 0.1) is 5.82 Å². The summed E-state index contributed by atoms with van der Waals surface area (Å²) in [6.45, 7) is 0.404. The largest absolute Gasteiger partial charge is 0.319 e. The quantitative estimate of drug-likeness (QED) is 0.699. The molecule has 0 bridgehead atoms. The van der Waals surface area contributed by atoms with E-state index >= 15 is 0 Å². The molecule has 0 saturated carbocycles. The molecule has 0 N–H and O–H groups in total. The predicted octanol–water partition coefficient (Wildman–Crippen LogP) is 2.74. The van der Waals surface area contributed by atoms with Crippen LogP contribution in [-0.2, 0) is 19.5 Å². The molecule has 0 aliphatic rings. The predicted molar refractivity (Wildman–Crippen MR) is 74.4 cm³/mol. The molecule has 8 heteroatoms. The van der Waals surface area contributed by atoms with Crippen LogP contribution in [0.25, 0.3) is 11.0 Å². The van der Waals surface area contributed by atoms with Crippen LogP contribution >= 0.6 is 23.2 Å². The third-order valence-electron chi connectivity index (χ3n) is 2.94. The van der Waals surface area contributed by atoms with E-state index < -0.39 is 5.82 Å². The molecule has 0 aliphatic carbocycles. The molecule has 2 aromatic heterocycles. The van der Waals surface area contributed by atoms with Crippen molar-refractivity contribution < 1.29 is 4.39 Å². The van der Waals surface area contributed by atoms with Gasteiger partial charge in [-0.2, -0.15) is 5.10 Å². The molecule has 104 valence electrons. The van der Waals surface area contributed by atoms with Gasteiger partial charge in [0.05, 0.1) is 28.5 Å². The molecule has 0 aliphatic heterocycles. The van der Waals surface area contributed by atoms with Gasteiger partial charge in [0, 0.05) is 13.1 Å². The maximum Gasteiger partial charge on any atom is 0.170 e. The van der Waals surface area contributed by atoms with Crippen molar-refractivity contribution in [1.82, 2.24) is 24.3 Å². The van der Waals surface area contributed by atoms with E-state index in [-0.39, 0.29) is 10.9 Å². The molecule has 5 nitrogen and oxygen atoms in total. The number of aromatic nitrogens is 5. The number of hydrogen-bond donors (Lipinski definition) is 0. The highest BCUT2D eigenvalue weighted by Gasteiger charge is 2.14. The highest BCUT2D eigenvalue weighted by molar-refractivity contribution is 6.31. The molecule has 0 radical (unpaired) electrons. The van der Waals surface area contributed by atoms with Crippen molar-refractivity contribution >= 4 is 34.2 Å². The van der Waals surface area contributed by atoms with Gasteiger partial charge in [-0.3, -0.25) is 4.68 Å². The fourth-order valence-electron chi connectivity index (χ4n) is 2.05. The Morgan fingerprint density at radius 1 is 1.35 bits per heavy atom. The van der Waals surface area contributed by atoms with Gasteiger partial charge in [0.1, 0.15) is 18.0 Å². The fourth-order valence-corrected chi connectivity index (χ4v) is 2.41. The van der Waals surface area contributed by atoms with Crippen molar-refractivity contribution in [1.29, 1.82) is 0 Å². The summed E-state index contributed by atoms with van der Waals surface area (Å²) in [4.78, 5) is 8.47. The minimum Gasteiger partial charge on any atom is -0.319 e. The number of alkyl halides is 1. The first-order valence-electron chi connectivity index (χ1n) is 5.83. The number of rotatable bonds is 3. The van der Waals surface area contributed by atoms with Crippen molar-refractivity contribution in [3.8, 4) is 0 Å². The minimum atomic E-state index is -0.499. The molecule has 0 fully saturated rings. The molecular weight excluding hydrogens is 304 g/mol. The number of nitrogens with zero attached hydrogens (tertiary/aromatic N) is 5.